The van der Waals surface area contributed by atoms with Gasteiger partial charge in [0.15, 0.2) is 40.6 Å². The SMILES string of the molecule is COc1cc(CNC(=O)c2cc3nc(C)c(C(OC(C)(C)C)C(=O)O)c(-c4cc(F)c5c(c4C)CCCO5)n3n2)ccc1F. The van der Waals surface area contributed by atoms with Crippen molar-refractivity contribution in [2.75, 3.05) is 13.7 Å². The zero-order valence-electron chi connectivity index (χ0n) is 25.4. The van der Waals surface area contributed by atoms with Crippen molar-refractivity contribution in [3.8, 4) is 22.8 Å². The summed E-state index contributed by atoms with van der Waals surface area (Å²) in [6.45, 7) is 9.12. The van der Waals surface area contributed by atoms with Crippen LogP contribution in [0.25, 0.3) is 16.9 Å². The highest BCUT2D eigenvalue weighted by molar-refractivity contribution is 5.93. The van der Waals surface area contributed by atoms with Crippen LogP contribution in [0.4, 0.5) is 8.78 Å². The molecule has 232 valence electrons. The molecule has 5 rings (SSSR count). The molecule has 1 amide bonds. The Balaban J connectivity index is 1.67. The van der Waals surface area contributed by atoms with Crippen LogP contribution < -0.4 is 14.8 Å². The van der Waals surface area contributed by atoms with E-state index in [9.17, 15) is 19.1 Å². The summed E-state index contributed by atoms with van der Waals surface area (Å²) in [6, 6.07) is 7.02. The molecule has 0 radical (unpaired) electrons. The number of fused-ring (bicyclic) bond motifs is 2. The summed E-state index contributed by atoms with van der Waals surface area (Å²) in [4.78, 5) is 30.5. The van der Waals surface area contributed by atoms with Gasteiger partial charge in [-0.15, -0.1) is 0 Å². The Kier molecular flexibility index (Phi) is 8.30. The third-order valence-corrected chi connectivity index (χ3v) is 7.38. The fourth-order valence-electron chi connectivity index (χ4n) is 5.39. The van der Waals surface area contributed by atoms with Gasteiger partial charge in [-0.1, -0.05) is 6.07 Å². The molecule has 0 spiro atoms. The zero-order chi connectivity index (χ0) is 31.9. The lowest BCUT2D eigenvalue weighted by molar-refractivity contribution is -0.160. The highest BCUT2D eigenvalue weighted by atomic mass is 19.1. The van der Waals surface area contributed by atoms with E-state index in [0.29, 0.717) is 47.4 Å². The fraction of sp³-hybridized carbons (Fsp3) is 0.375. The van der Waals surface area contributed by atoms with Crippen LogP contribution in [0.2, 0.25) is 0 Å². The number of methoxy groups -OCH3 is 1. The average Bonchev–Trinajstić information content (AvgIpc) is 3.40. The number of amides is 1. The number of hydrogen-bond acceptors (Lipinski definition) is 7. The number of carboxylic acids is 1. The number of halogens is 2. The van der Waals surface area contributed by atoms with Crippen molar-refractivity contribution in [2.45, 2.75) is 65.7 Å². The van der Waals surface area contributed by atoms with E-state index in [0.717, 1.165) is 0 Å². The second kappa shape index (κ2) is 11.8. The molecule has 0 aliphatic carbocycles. The van der Waals surface area contributed by atoms with Gasteiger partial charge >= 0.3 is 5.97 Å². The summed E-state index contributed by atoms with van der Waals surface area (Å²) < 4.78 is 47.4. The van der Waals surface area contributed by atoms with Crippen LogP contribution in [0.1, 0.15) is 71.7 Å². The Bertz CT molecular complexity index is 1780. The van der Waals surface area contributed by atoms with Gasteiger partial charge in [-0.05, 0) is 76.8 Å². The maximum atomic E-state index is 15.5. The molecule has 12 heteroatoms. The van der Waals surface area contributed by atoms with Crippen LogP contribution in [0.15, 0.2) is 30.3 Å². The Morgan fingerprint density at radius 1 is 1.16 bits per heavy atom. The number of rotatable bonds is 8. The number of aryl methyl sites for hydroxylation is 1. The highest BCUT2D eigenvalue weighted by Crippen LogP contribution is 2.41. The minimum Gasteiger partial charge on any atom is -0.494 e. The first-order chi connectivity index (χ1) is 20.8. The number of hydrogen-bond donors (Lipinski definition) is 2. The largest absolute Gasteiger partial charge is 0.494 e. The van der Waals surface area contributed by atoms with Crippen molar-refractivity contribution < 1.29 is 37.7 Å². The first-order valence-electron chi connectivity index (χ1n) is 14.2. The normalized spacial score (nSPS) is 13.7. The molecule has 0 saturated carbocycles. The molecule has 3 heterocycles. The second-order valence-electron chi connectivity index (χ2n) is 11.6. The van der Waals surface area contributed by atoms with Crippen LogP contribution in [0.3, 0.4) is 0 Å². The molecule has 44 heavy (non-hydrogen) atoms. The molecule has 2 N–H and O–H groups in total. The molecule has 0 bridgehead atoms. The Hall–Kier alpha value is -4.58. The monoisotopic (exact) mass is 608 g/mol. The van der Waals surface area contributed by atoms with Gasteiger partial charge in [0.05, 0.1) is 25.0 Å². The van der Waals surface area contributed by atoms with E-state index in [1.807, 2.05) is 6.92 Å². The maximum Gasteiger partial charge on any atom is 0.337 e. The summed E-state index contributed by atoms with van der Waals surface area (Å²) in [5, 5.41) is 17.6. The number of benzene rings is 2. The van der Waals surface area contributed by atoms with Gasteiger partial charge in [0, 0.05) is 35.0 Å². The van der Waals surface area contributed by atoms with Gasteiger partial charge in [-0.25, -0.2) is 23.1 Å². The fourth-order valence-corrected chi connectivity index (χ4v) is 5.39. The van der Waals surface area contributed by atoms with Gasteiger partial charge in [-0.2, -0.15) is 5.10 Å². The van der Waals surface area contributed by atoms with Gasteiger partial charge in [0.2, 0.25) is 0 Å². The van der Waals surface area contributed by atoms with Gasteiger partial charge in [0.1, 0.15) is 0 Å². The van der Waals surface area contributed by atoms with Crippen molar-refractivity contribution in [2.24, 2.45) is 0 Å². The lowest BCUT2D eigenvalue weighted by atomic mass is 9.91. The summed E-state index contributed by atoms with van der Waals surface area (Å²) in [6.07, 6.45) is -0.201. The van der Waals surface area contributed by atoms with Crippen LogP contribution in [0.5, 0.6) is 11.5 Å². The molecule has 2 aromatic carbocycles. The smallest absolute Gasteiger partial charge is 0.337 e. The van der Waals surface area contributed by atoms with E-state index in [-0.39, 0.29) is 40.6 Å². The molecule has 10 nitrogen and oxygen atoms in total. The van der Waals surface area contributed by atoms with E-state index >= 15 is 4.39 Å². The number of nitrogens with zero attached hydrogens (tertiary/aromatic N) is 3. The minimum absolute atomic E-state index is 0.00703. The zero-order valence-corrected chi connectivity index (χ0v) is 25.4. The van der Waals surface area contributed by atoms with E-state index in [1.54, 1.807) is 27.7 Å². The predicted octanol–water partition coefficient (Wildman–Crippen LogP) is 5.50. The third kappa shape index (κ3) is 5.94. The highest BCUT2D eigenvalue weighted by Gasteiger charge is 2.35. The van der Waals surface area contributed by atoms with Gasteiger partial charge < -0.3 is 24.6 Å². The number of carboxylic acid groups (broad SMARTS) is 1. The number of nitrogens with one attached hydrogen (secondary N) is 1. The van der Waals surface area contributed by atoms with Gasteiger partial charge in [0.25, 0.3) is 5.91 Å². The lowest BCUT2D eigenvalue weighted by Crippen LogP contribution is -2.29. The van der Waals surface area contributed by atoms with Crippen molar-refractivity contribution >= 4 is 17.5 Å². The molecule has 1 atom stereocenters. The van der Waals surface area contributed by atoms with Crippen LogP contribution in [0, 0.1) is 25.5 Å². The maximum absolute atomic E-state index is 15.5. The van der Waals surface area contributed by atoms with E-state index < -0.39 is 35.2 Å². The van der Waals surface area contributed by atoms with Gasteiger partial charge in [-0.3, -0.25) is 4.79 Å². The summed E-state index contributed by atoms with van der Waals surface area (Å²) in [5.41, 5.74) is 2.51. The van der Waals surface area contributed by atoms with Crippen molar-refractivity contribution in [3.05, 3.63) is 75.6 Å². The molecule has 0 fully saturated rings. The topological polar surface area (TPSA) is 124 Å². The van der Waals surface area contributed by atoms with E-state index in [1.165, 1.54) is 42.0 Å². The standard InChI is InChI=1S/C32H34F2N4O6/c1-16-19-8-7-11-43-28(19)22(34)13-20(16)27-26(29(31(40)41)44-32(3,4)5)17(2)36-25-14-23(37-38(25)27)30(39)35-15-18-9-10-21(33)24(12-18)42-6/h9-10,12-14,29H,7-8,11,15H2,1-6H3,(H,35,39)(H,40,41). The Morgan fingerprint density at radius 2 is 1.91 bits per heavy atom. The molecule has 4 aromatic rings. The molecule has 1 aliphatic heterocycles. The van der Waals surface area contributed by atoms with Crippen molar-refractivity contribution in [1.29, 1.82) is 0 Å². The summed E-state index contributed by atoms with van der Waals surface area (Å²) >= 11 is 0. The number of aliphatic carboxylic acids is 1. The van der Waals surface area contributed by atoms with E-state index in [4.69, 9.17) is 14.2 Å². The number of carbonyl (C=O) groups is 2. The molecule has 1 unspecified atom stereocenters. The van der Waals surface area contributed by atoms with Crippen molar-refractivity contribution in [1.82, 2.24) is 19.9 Å². The van der Waals surface area contributed by atoms with Crippen LogP contribution in [-0.4, -0.2) is 50.9 Å². The predicted molar refractivity (Wildman–Crippen MR) is 157 cm³/mol. The number of carbonyl (C=O) groups excluding carboxylic acids is 1. The first kappa shape index (κ1) is 30.9. The summed E-state index contributed by atoms with van der Waals surface area (Å²) in [5.74, 6) is -2.69. The number of aromatic nitrogens is 3. The molecular weight excluding hydrogens is 574 g/mol. The van der Waals surface area contributed by atoms with E-state index in [2.05, 4.69) is 15.4 Å². The minimum atomic E-state index is -1.48. The first-order valence-corrected chi connectivity index (χ1v) is 14.2. The molecule has 2 aromatic heterocycles. The number of ether oxygens (including phenoxy) is 3. The van der Waals surface area contributed by atoms with Crippen LogP contribution in [-0.2, 0) is 22.5 Å². The molecule has 1 aliphatic rings. The second-order valence-corrected chi connectivity index (χ2v) is 11.6. The quantitative estimate of drug-likeness (QED) is 0.269. The van der Waals surface area contributed by atoms with Crippen molar-refractivity contribution in [3.63, 3.8) is 0 Å². The Morgan fingerprint density at radius 3 is 2.59 bits per heavy atom. The molecular formula is C32H34F2N4O6. The third-order valence-electron chi connectivity index (χ3n) is 7.38. The Labute approximate surface area is 253 Å². The lowest BCUT2D eigenvalue weighted by Gasteiger charge is -2.28. The summed E-state index contributed by atoms with van der Waals surface area (Å²) in [7, 11) is 1.35. The average molecular weight is 609 g/mol. The molecule has 0 saturated heterocycles. The van der Waals surface area contributed by atoms with Crippen LogP contribution >= 0.6 is 0 Å².